The van der Waals surface area contributed by atoms with Crippen LogP contribution in [0.25, 0.3) is 0 Å². The summed E-state index contributed by atoms with van der Waals surface area (Å²) >= 11 is 0. The molecule has 1 aromatic rings. The molecule has 0 amide bonds. The SMILES string of the molecule is COCCCNc1ccc(C(=O)O)cc1S(=O)(=O)N[C@@H](C)COC. The van der Waals surface area contributed by atoms with Crippen LogP contribution in [0.2, 0.25) is 0 Å². The molecular weight excluding hydrogens is 336 g/mol. The number of methoxy groups -OCH3 is 2. The molecule has 3 N–H and O–H groups in total. The number of carbonyl (C=O) groups is 1. The number of anilines is 1. The van der Waals surface area contributed by atoms with E-state index in [1.807, 2.05) is 0 Å². The second-order valence-corrected chi connectivity index (χ2v) is 6.95. The lowest BCUT2D eigenvalue weighted by Crippen LogP contribution is -2.36. The first kappa shape index (κ1) is 20.4. The van der Waals surface area contributed by atoms with Crippen LogP contribution in [-0.2, 0) is 19.5 Å². The first-order chi connectivity index (χ1) is 11.3. The molecule has 0 saturated heterocycles. The molecule has 24 heavy (non-hydrogen) atoms. The molecule has 1 rings (SSSR count). The number of sulfonamides is 1. The Hall–Kier alpha value is -1.68. The molecule has 0 aromatic heterocycles. The first-order valence-electron chi connectivity index (χ1n) is 7.43. The van der Waals surface area contributed by atoms with Gasteiger partial charge in [-0.15, -0.1) is 0 Å². The Balaban J connectivity index is 3.10. The maximum absolute atomic E-state index is 12.6. The minimum atomic E-state index is -3.90. The van der Waals surface area contributed by atoms with Crippen LogP contribution >= 0.6 is 0 Å². The van der Waals surface area contributed by atoms with Crippen molar-refractivity contribution in [3.63, 3.8) is 0 Å². The molecule has 1 aromatic carbocycles. The minimum Gasteiger partial charge on any atom is -0.478 e. The van der Waals surface area contributed by atoms with Gasteiger partial charge >= 0.3 is 5.97 Å². The summed E-state index contributed by atoms with van der Waals surface area (Å²) in [5, 5.41) is 12.1. The van der Waals surface area contributed by atoms with E-state index in [1.54, 1.807) is 14.0 Å². The molecule has 0 heterocycles. The first-order valence-corrected chi connectivity index (χ1v) is 8.91. The fourth-order valence-electron chi connectivity index (χ4n) is 2.08. The molecule has 1 atom stereocenters. The average Bonchev–Trinajstić information content (AvgIpc) is 2.51. The number of rotatable bonds is 11. The van der Waals surface area contributed by atoms with Gasteiger partial charge in [0.15, 0.2) is 0 Å². The summed E-state index contributed by atoms with van der Waals surface area (Å²) in [7, 11) is -0.845. The molecule has 8 nitrogen and oxygen atoms in total. The Labute approximate surface area is 142 Å². The zero-order valence-corrected chi connectivity index (χ0v) is 14.9. The van der Waals surface area contributed by atoms with E-state index < -0.39 is 22.0 Å². The molecule has 9 heteroatoms. The van der Waals surface area contributed by atoms with Crippen LogP contribution in [0.4, 0.5) is 5.69 Å². The molecule has 0 unspecified atom stereocenters. The lowest BCUT2D eigenvalue weighted by Gasteiger charge is -2.17. The third-order valence-electron chi connectivity index (χ3n) is 3.13. The second-order valence-electron chi connectivity index (χ2n) is 5.27. The van der Waals surface area contributed by atoms with E-state index in [2.05, 4.69) is 10.0 Å². The van der Waals surface area contributed by atoms with Gasteiger partial charge in [0.25, 0.3) is 0 Å². The van der Waals surface area contributed by atoms with Gasteiger partial charge in [-0.1, -0.05) is 0 Å². The Morgan fingerprint density at radius 2 is 2.00 bits per heavy atom. The number of carboxylic acids is 1. The van der Waals surface area contributed by atoms with E-state index in [4.69, 9.17) is 14.6 Å². The fourth-order valence-corrected chi connectivity index (χ4v) is 3.51. The number of hydrogen-bond acceptors (Lipinski definition) is 6. The molecule has 0 fully saturated rings. The zero-order valence-electron chi connectivity index (χ0n) is 14.0. The highest BCUT2D eigenvalue weighted by atomic mass is 32.2. The molecule has 0 aliphatic rings. The summed E-state index contributed by atoms with van der Waals surface area (Å²) in [5.74, 6) is -1.19. The van der Waals surface area contributed by atoms with Crippen LogP contribution < -0.4 is 10.0 Å². The van der Waals surface area contributed by atoms with Gasteiger partial charge in [0.2, 0.25) is 10.0 Å². The smallest absolute Gasteiger partial charge is 0.335 e. The van der Waals surface area contributed by atoms with E-state index in [0.717, 1.165) is 6.07 Å². The number of ether oxygens (including phenoxy) is 2. The van der Waals surface area contributed by atoms with Crippen LogP contribution in [-0.4, -0.2) is 59.5 Å². The summed E-state index contributed by atoms with van der Waals surface area (Å²) in [6.45, 7) is 2.89. The van der Waals surface area contributed by atoms with E-state index in [1.165, 1.54) is 19.2 Å². The van der Waals surface area contributed by atoms with Gasteiger partial charge in [-0.25, -0.2) is 17.9 Å². The molecule has 0 aliphatic heterocycles. The highest BCUT2D eigenvalue weighted by molar-refractivity contribution is 7.89. The standard InChI is InChI=1S/C15H24N2O6S/c1-11(10-23-3)17-24(20,21)14-9-12(15(18)19)5-6-13(14)16-7-4-8-22-2/h5-6,9,11,16-17H,4,7-8,10H2,1-3H3,(H,18,19)/t11-/m0/s1. The van der Waals surface area contributed by atoms with Gasteiger partial charge < -0.3 is 19.9 Å². The summed E-state index contributed by atoms with van der Waals surface area (Å²) in [4.78, 5) is 11.0. The fraction of sp³-hybridized carbons (Fsp3) is 0.533. The molecule has 136 valence electrons. The predicted molar refractivity (Wildman–Crippen MR) is 90.0 cm³/mol. The monoisotopic (exact) mass is 360 g/mol. The van der Waals surface area contributed by atoms with Crippen molar-refractivity contribution < 1.29 is 27.8 Å². The number of hydrogen-bond donors (Lipinski definition) is 3. The normalized spacial score (nSPS) is 12.8. The topological polar surface area (TPSA) is 114 Å². The van der Waals surface area contributed by atoms with Gasteiger partial charge in [-0.2, -0.15) is 0 Å². The van der Waals surface area contributed by atoms with E-state index in [9.17, 15) is 13.2 Å². The Morgan fingerprint density at radius 1 is 1.29 bits per heavy atom. The predicted octanol–water partition coefficient (Wildman–Crippen LogP) is 1.15. The van der Waals surface area contributed by atoms with Crippen LogP contribution in [0.5, 0.6) is 0 Å². The number of benzene rings is 1. The van der Waals surface area contributed by atoms with Gasteiger partial charge in [0.1, 0.15) is 4.90 Å². The maximum atomic E-state index is 12.6. The van der Waals surface area contributed by atoms with E-state index in [-0.39, 0.29) is 17.1 Å². The summed E-state index contributed by atoms with van der Waals surface area (Å²) in [6, 6.07) is 3.50. The highest BCUT2D eigenvalue weighted by Crippen LogP contribution is 2.23. The van der Waals surface area contributed by atoms with Crippen molar-refractivity contribution in [1.82, 2.24) is 4.72 Å². The lowest BCUT2D eigenvalue weighted by molar-refractivity contribution is 0.0696. The van der Waals surface area contributed by atoms with Gasteiger partial charge in [-0.05, 0) is 31.5 Å². The van der Waals surface area contributed by atoms with Crippen molar-refractivity contribution >= 4 is 21.7 Å². The van der Waals surface area contributed by atoms with Crippen LogP contribution in [0.3, 0.4) is 0 Å². The van der Waals surface area contributed by atoms with Crippen LogP contribution in [0.1, 0.15) is 23.7 Å². The Bertz CT molecular complexity index is 647. The van der Waals surface area contributed by atoms with E-state index in [0.29, 0.717) is 25.3 Å². The van der Waals surface area contributed by atoms with Crippen molar-refractivity contribution in [3.8, 4) is 0 Å². The molecule has 0 radical (unpaired) electrons. The third kappa shape index (κ3) is 6.08. The summed E-state index contributed by atoms with van der Waals surface area (Å²) in [6.07, 6.45) is 0.685. The number of aromatic carboxylic acids is 1. The number of carboxylic acid groups (broad SMARTS) is 1. The maximum Gasteiger partial charge on any atom is 0.335 e. The van der Waals surface area contributed by atoms with Gasteiger partial charge in [0, 0.05) is 33.4 Å². The number of nitrogens with one attached hydrogen (secondary N) is 2. The van der Waals surface area contributed by atoms with Gasteiger partial charge in [-0.3, -0.25) is 0 Å². The Kier molecular flexibility index (Phi) is 8.13. The Morgan fingerprint density at radius 3 is 2.58 bits per heavy atom. The van der Waals surface area contributed by atoms with Crippen molar-refractivity contribution in [2.24, 2.45) is 0 Å². The summed E-state index contributed by atoms with van der Waals surface area (Å²) < 4.78 is 37.5. The average molecular weight is 360 g/mol. The lowest BCUT2D eigenvalue weighted by atomic mass is 10.2. The van der Waals surface area contributed by atoms with Crippen molar-refractivity contribution in [2.45, 2.75) is 24.3 Å². The van der Waals surface area contributed by atoms with E-state index >= 15 is 0 Å². The molecular formula is C15H24N2O6S. The van der Waals surface area contributed by atoms with Crippen LogP contribution in [0, 0.1) is 0 Å². The van der Waals surface area contributed by atoms with Crippen molar-refractivity contribution in [1.29, 1.82) is 0 Å². The molecule has 0 aliphatic carbocycles. The largest absolute Gasteiger partial charge is 0.478 e. The van der Waals surface area contributed by atoms with Crippen molar-refractivity contribution in [3.05, 3.63) is 23.8 Å². The molecule has 0 spiro atoms. The zero-order chi connectivity index (χ0) is 18.2. The second kappa shape index (κ2) is 9.58. The molecule has 0 bridgehead atoms. The van der Waals surface area contributed by atoms with Gasteiger partial charge in [0.05, 0.1) is 17.9 Å². The highest BCUT2D eigenvalue weighted by Gasteiger charge is 2.22. The molecule has 0 saturated carbocycles. The minimum absolute atomic E-state index is 0.0998. The summed E-state index contributed by atoms with van der Waals surface area (Å²) in [5.41, 5.74) is 0.241. The quantitative estimate of drug-likeness (QED) is 0.507. The van der Waals surface area contributed by atoms with Crippen LogP contribution in [0.15, 0.2) is 23.1 Å². The third-order valence-corrected chi connectivity index (χ3v) is 4.76. The van der Waals surface area contributed by atoms with Crippen molar-refractivity contribution in [2.75, 3.05) is 39.3 Å².